The molecule has 1 aliphatic rings. The van der Waals surface area contributed by atoms with Gasteiger partial charge in [0, 0.05) is 45.5 Å². The summed E-state index contributed by atoms with van der Waals surface area (Å²) in [6, 6.07) is 18.9. The summed E-state index contributed by atoms with van der Waals surface area (Å²) in [4.78, 5) is 20.6. The average Bonchev–Trinajstić information content (AvgIpc) is 2.83. The maximum atomic E-state index is 12.1. The monoisotopic (exact) mass is 437 g/mol. The Bertz CT molecular complexity index is 868. The van der Waals surface area contributed by atoms with Gasteiger partial charge >= 0.3 is 0 Å². The standard InChI is InChI=1S/C25H35N5O2/c1-29(2)24(31)18-27-25(26-16-15-20-11-13-23(32-3)14-12-20)28-21-8-7-17-30(19-21)22-9-5-4-6-10-22/h4-6,9-14,21H,7-8,15-19H2,1-3H3,(H2,26,27,28). The van der Waals surface area contributed by atoms with Crippen LogP contribution in [0.5, 0.6) is 5.75 Å². The molecule has 0 radical (unpaired) electrons. The number of aliphatic imine (C=N–C) groups is 1. The van der Waals surface area contributed by atoms with E-state index in [4.69, 9.17) is 4.74 Å². The number of para-hydroxylation sites is 1. The van der Waals surface area contributed by atoms with E-state index in [0.29, 0.717) is 5.96 Å². The Morgan fingerprint density at radius 2 is 1.91 bits per heavy atom. The fourth-order valence-electron chi connectivity index (χ4n) is 3.72. The zero-order valence-corrected chi connectivity index (χ0v) is 19.4. The topological polar surface area (TPSA) is 69.2 Å². The number of methoxy groups -OCH3 is 1. The SMILES string of the molecule is COc1ccc(CCNC(=NCC(=O)N(C)C)NC2CCCN(c3ccccc3)C2)cc1. The van der Waals surface area contributed by atoms with Crippen molar-refractivity contribution in [3.63, 3.8) is 0 Å². The molecule has 1 unspecified atom stereocenters. The van der Waals surface area contributed by atoms with E-state index >= 15 is 0 Å². The van der Waals surface area contributed by atoms with Gasteiger partial charge in [0.05, 0.1) is 7.11 Å². The van der Waals surface area contributed by atoms with Crippen LogP contribution in [-0.2, 0) is 11.2 Å². The van der Waals surface area contributed by atoms with E-state index in [1.165, 1.54) is 11.3 Å². The number of guanidine groups is 1. The molecule has 7 nitrogen and oxygen atoms in total. The number of hydrogen-bond acceptors (Lipinski definition) is 4. The zero-order chi connectivity index (χ0) is 22.8. The molecule has 0 aliphatic carbocycles. The third-order valence-electron chi connectivity index (χ3n) is 5.62. The van der Waals surface area contributed by atoms with Gasteiger partial charge in [-0.05, 0) is 49.1 Å². The van der Waals surface area contributed by atoms with Crippen molar-refractivity contribution in [1.29, 1.82) is 0 Å². The number of carbonyl (C=O) groups excluding carboxylic acids is 1. The lowest BCUT2D eigenvalue weighted by atomic mass is 10.0. The molecule has 172 valence electrons. The van der Waals surface area contributed by atoms with E-state index in [0.717, 1.165) is 44.6 Å². The van der Waals surface area contributed by atoms with Gasteiger partial charge in [-0.1, -0.05) is 30.3 Å². The van der Waals surface area contributed by atoms with E-state index in [1.807, 2.05) is 18.2 Å². The van der Waals surface area contributed by atoms with Crippen LogP contribution in [0.1, 0.15) is 18.4 Å². The van der Waals surface area contributed by atoms with Crippen LogP contribution in [0.2, 0.25) is 0 Å². The van der Waals surface area contributed by atoms with Crippen molar-refractivity contribution in [2.45, 2.75) is 25.3 Å². The summed E-state index contributed by atoms with van der Waals surface area (Å²) in [5, 5.41) is 6.97. The fourth-order valence-corrected chi connectivity index (χ4v) is 3.72. The first kappa shape index (κ1) is 23.4. The number of anilines is 1. The summed E-state index contributed by atoms with van der Waals surface area (Å²) in [7, 11) is 5.17. The highest BCUT2D eigenvalue weighted by atomic mass is 16.5. The second-order valence-electron chi connectivity index (χ2n) is 8.24. The Hall–Kier alpha value is -3.22. The largest absolute Gasteiger partial charge is 0.497 e. The Morgan fingerprint density at radius 1 is 1.16 bits per heavy atom. The molecule has 0 bridgehead atoms. The number of likely N-dealkylation sites (N-methyl/N-ethyl adjacent to an activating group) is 1. The molecule has 2 N–H and O–H groups in total. The lowest BCUT2D eigenvalue weighted by Gasteiger charge is -2.35. The Balaban J connectivity index is 1.59. The van der Waals surface area contributed by atoms with Crippen LogP contribution in [0.15, 0.2) is 59.6 Å². The number of carbonyl (C=O) groups is 1. The van der Waals surface area contributed by atoms with Crippen LogP contribution in [0.4, 0.5) is 5.69 Å². The lowest BCUT2D eigenvalue weighted by Crippen LogP contribution is -2.51. The van der Waals surface area contributed by atoms with Crippen LogP contribution < -0.4 is 20.3 Å². The van der Waals surface area contributed by atoms with Crippen molar-refractivity contribution in [1.82, 2.24) is 15.5 Å². The molecule has 1 heterocycles. The maximum absolute atomic E-state index is 12.1. The number of piperidine rings is 1. The van der Waals surface area contributed by atoms with E-state index < -0.39 is 0 Å². The molecule has 3 rings (SSSR count). The summed E-state index contributed by atoms with van der Waals surface area (Å²) in [6.45, 7) is 2.81. The summed E-state index contributed by atoms with van der Waals surface area (Å²) >= 11 is 0. The van der Waals surface area contributed by atoms with Gasteiger partial charge in [0.25, 0.3) is 0 Å². The number of rotatable bonds is 8. The minimum Gasteiger partial charge on any atom is -0.497 e. The molecule has 1 amide bonds. The molecule has 1 fully saturated rings. The highest BCUT2D eigenvalue weighted by molar-refractivity contribution is 5.85. The normalized spacial score (nSPS) is 16.4. The Morgan fingerprint density at radius 3 is 2.59 bits per heavy atom. The molecular formula is C25H35N5O2. The summed E-state index contributed by atoms with van der Waals surface area (Å²) in [6.07, 6.45) is 3.04. The highest BCUT2D eigenvalue weighted by Crippen LogP contribution is 2.19. The van der Waals surface area contributed by atoms with Gasteiger partial charge in [0.1, 0.15) is 12.3 Å². The molecule has 1 aliphatic heterocycles. The smallest absolute Gasteiger partial charge is 0.243 e. The van der Waals surface area contributed by atoms with Gasteiger partial charge in [-0.25, -0.2) is 4.99 Å². The molecule has 1 atom stereocenters. The fraction of sp³-hybridized carbons (Fsp3) is 0.440. The molecule has 2 aromatic carbocycles. The molecule has 32 heavy (non-hydrogen) atoms. The van der Waals surface area contributed by atoms with Crippen LogP contribution in [-0.4, -0.2) is 70.2 Å². The Kier molecular flexibility index (Phi) is 8.78. The molecule has 1 saturated heterocycles. The second-order valence-corrected chi connectivity index (χ2v) is 8.24. The summed E-state index contributed by atoms with van der Waals surface area (Å²) < 4.78 is 5.23. The molecule has 7 heteroatoms. The van der Waals surface area contributed by atoms with Crippen molar-refractivity contribution in [2.75, 3.05) is 52.3 Å². The molecule has 0 spiro atoms. The number of nitrogens with zero attached hydrogens (tertiary/aromatic N) is 3. The number of nitrogens with one attached hydrogen (secondary N) is 2. The van der Waals surface area contributed by atoms with Gasteiger partial charge in [0.15, 0.2) is 5.96 Å². The van der Waals surface area contributed by atoms with Crippen molar-refractivity contribution in [2.24, 2.45) is 4.99 Å². The van der Waals surface area contributed by atoms with Gasteiger partial charge < -0.3 is 25.2 Å². The molecule has 0 saturated carbocycles. The number of amides is 1. The average molecular weight is 438 g/mol. The van der Waals surface area contributed by atoms with Crippen molar-refractivity contribution in [3.8, 4) is 5.75 Å². The summed E-state index contributed by atoms with van der Waals surface area (Å²) in [5.74, 6) is 1.53. The quantitative estimate of drug-likeness (QED) is 0.491. The zero-order valence-electron chi connectivity index (χ0n) is 19.4. The van der Waals surface area contributed by atoms with E-state index in [-0.39, 0.29) is 18.5 Å². The van der Waals surface area contributed by atoms with Gasteiger partial charge in [-0.3, -0.25) is 4.79 Å². The first-order chi connectivity index (χ1) is 15.5. The maximum Gasteiger partial charge on any atom is 0.243 e. The van der Waals surface area contributed by atoms with E-state index in [9.17, 15) is 4.79 Å². The van der Waals surface area contributed by atoms with Crippen LogP contribution in [0.3, 0.4) is 0 Å². The van der Waals surface area contributed by atoms with Gasteiger partial charge in [0.2, 0.25) is 5.91 Å². The van der Waals surface area contributed by atoms with Crippen LogP contribution in [0.25, 0.3) is 0 Å². The molecule has 2 aromatic rings. The summed E-state index contributed by atoms with van der Waals surface area (Å²) in [5.41, 5.74) is 2.46. The van der Waals surface area contributed by atoms with Crippen molar-refractivity contribution in [3.05, 3.63) is 60.2 Å². The Labute approximate surface area is 191 Å². The number of hydrogen-bond donors (Lipinski definition) is 2. The minimum absolute atomic E-state index is 0.0178. The molecular weight excluding hydrogens is 402 g/mol. The second kappa shape index (κ2) is 12.0. The van der Waals surface area contributed by atoms with Gasteiger partial charge in [-0.15, -0.1) is 0 Å². The lowest BCUT2D eigenvalue weighted by molar-refractivity contribution is -0.127. The minimum atomic E-state index is -0.0178. The molecule has 0 aromatic heterocycles. The first-order valence-electron chi connectivity index (χ1n) is 11.2. The van der Waals surface area contributed by atoms with Crippen molar-refractivity contribution < 1.29 is 9.53 Å². The third kappa shape index (κ3) is 7.18. The predicted molar refractivity (Wildman–Crippen MR) is 131 cm³/mol. The van der Waals surface area contributed by atoms with Crippen molar-refractivity contribution >= 4 is 17.6 Å². The van der Waals surface area contributed by atoms with Crippen LogP contribution in [0, 0.1) is 0 Å². The predicted octanol–water partition coefficient (Wildman–Crippen LogP) is 2.53. The van der Waals surface area contributed by atoms with E-state index in [2.05, 4.69) is 56.9 Å². The highest BCUT2D eigenvalue weighted by Gasteiger charge is 2.21. The first-order valence-corrected chi connectivity index (χ1v) is 11.2. The van der Waals surface area contributed by atoms with E-state index in [1.54, 1.807) is 26.1 Å². The number of benzene rings is 2. The number of ether oxygens (including phenoxy) is 1. The van der Waals surface area contributed by atoms with Crippen LogP contribution >= 0.6 is 0 Å². The van der Waals surface area contributed by atoms with Gasteiger partial charge in [-0.2, -0.15) is 0 Å². The third-order valence-corrected chi connectivity index (χ3v) is 5.62.